The van der Waals surface area contributed by atoms with Crippen molar-refractivity contribution < 1.29 is 9.47 Å². The molecule has 0 amide bonds. The van der Waals surface area contributed by atoms with E-state index < -0.39 is 0 Å². The Kier molecular flexibility index (Phi) is 5.57. The molecule has 5 heteroatoms. The predicted molar refractivity (Wildman–Crippen MR) is 96.4 cm³/mol. The van der Waals surface area contributed by atoms with Gasteiger partial charge in [0.05, 0.1) is 19.9 Å². The highest BCUT2D eigenvalue weighted by Crippen LogP contribution is 2.30. The van der Waals surface area contributed by atoms with Gasteiger partial charge in [-0.05, 0) is 48.5 Å². The van der Waals surface area contributed by atoms with Gasteiger partial charge in [-0.1, -0.05) is 0 Å². The molecule has 0 N–H and O–H groups in total. The number of hydrogen-bond donors (Lipinski definition) is 0. The number of nitrogens with zero attached hydrogens (tertiary/aromatic N) is 1. The monoisotopic (exact) mass is 377 g/mol. The van der Waals surface area contributed by atoms with Crippen LogP contribution in [0.5, 0.6) is 11.5 Å². The fraction of sp³-hybridized carbons (Fsp3) is 0.118. The van der Waals surface area contributed by atoms with E-state index in [9.17, 15) is 0 Å². The predicted octanol–water partition coefficient (Wildman–Crippen LogP) is 5.07. The van der Waals surface area contributed by atoms with E-state index in [4.69, 9.17) is 14.5 Å². The minimum atomic E-state index is 0. The second-order valence-corrected chi connectivity index (χ2v) is 5.35. The lowest BCUT2D eigenvalue weighted by Gasteiger charge is -2.01. The van der Waals surface area contributed by atoms with Crippen molar-refractivity contribution in [1.82, 2.24) is 4.98 Å². The number of methoxy groups -OCH3 is 2. The fourth-order valence-electron chi connectivity index (χ4n) is 2.03. The smallest absolute Gasteiger partial charge is 0.124 e. The van der Waals surface area contributed by atoms with E-state index in [0.29, 0.717) is 0 Å². The normalized spacial score (nSPS) is 9.91. The highest BCUT2D eigenvalue weighted by Gasteiger charge is 2.07. The molecule has 0 atom stereocenters. The van der Waals surface area contributed by atoms with Gasteiger partial charge in [0.2, 0.25) is 0 Å². The molecule has 0 bridgehead atoms. The molecule has 0 spiro atoms. The summed E-state index contributed by atoms with van der Waals surface area (Å²) in [6, 6.07) is 15.9. The first-order valence-electron chi connectivity index (χ1n) is 6.54. The maximum absolute atomic E-state index is 5.17. The molecule has 0 unspecified atom stereocenters. The molecule has 2 aromatic carbocycles. The van der Waals surface area contributed by atoms with Gasteiger partial charge in [0, 0.05) is 16.5 Å². The molecular formula is C17H16BrNO2S. The van der Waals surface area contributed by atoms with Crippen LogP contribution >= 0.6 is 28.3 Å². The van der Waals surface area contributed by atoms with Crippen molar-refractivity contribution in [2.45, 2.75) is 0 Å². The molecule has 3 nitrogen and oxygen atoms in total. The Bertz CT molecular complexity index is 661. The molecule has 1 aromatic heterocycles. The van der Waals surface area contributed by atoms with Gasteiger partial charge in [0.25, 0.3) is 0 Å². The average molecular weight is 378 g/mol. The van der Waals surface area contributed by atoms with Crippen molar-refractivity contribution in [1.29, 1.82) is 0 Å². The summed E-state index contributed by atoms with van der Waals surface area (Å²) in [5, 5.41) is 3.07. The minimum Gasteiger partial charge on any atom is -0.497 e. The largest absolute Gasteiger partial charge is 0.497 e. The zero-order valence-corrected chi connectivity index (χ0v) is 14.8. The van der Waals surface area contributed by atoms with Crippen LogP contribution in [0, 0.1) is 0 Å². The molecule has 0 aliphatic rings. The second-order valence-electron chi connectivity index (χ2n) is 4.49. The van der Waals surface area contributed by atoms with Crippen LogP contribution in [0.25, 0.3) is 21.8 Å². The van der Waals surface area contributed by atoms with Crippen LogP contribution in [-0.4, -0.2) is 19.2 Å². The maximum atomic E-state index is 5.17. The van der Waals surface area contributed by atoms with Crippen LogP contribution in [0.1, 0.15) is 0 Å². The Balaban J connectivity index is 0.00000176. The molecule has 0 fully saturated rings. The maximum Gasteiger partial charge on any atom is 0.124 e. The topological polar surface area (TPSA) is 31.4 Å². The van der Waals surface area contributed by atoms with Gasteiger partial charge in [-0.3, -0.25) is 0 Å². The molecule has 0 aliphatic heterocycles. The van der Waals surface area contributed by atoms with E-state index in [1.807, 2.05) is 48.5 Å². The van der Waals surface area contributed by atoms with E-state index in [-0.39, 0.29) is 17.0 Å². The molecule has 3 rings (SSSR count). The summed E-state index contributed by atoms with van der Waals surface area (Å²) in [6.07, 6.45) is 0. The van der Waals surface area contributed by atoms with Crippen molar-refractivity contribution in [2.24, 2.45) is 0 Å². The summed E-state index contributed by atoms with van der Waals surface area (Å²) >= 11 is 1.64. The number of thiazole rings is 1. The first-order valence-corrected chi connectivity index (χ1v) is 7.42. The van der Waals surface area contributed by atoms with E-state index in [1.165, 1.54) is 0 Å². The van der Waals surface area contributed by atoms with Gasteiger partial charge < -0.3 is 9.47 Å². The molecule has 22 heavy (non-hydrogen) atoms. The SMILES string of the molecule is Br.COc1ccc(-c2csc(-c3ccc(OC)cc3)n2)cc1. The minimum absolute atomic E-state index is 0. The van der Waals surface area contributed by atoms with E-state index in [0.717, 1.165) is 33.3 Å². The first-order chi connectivity index (χ1) is 10.3. The summed E-state index contributed by atoms with van der Waals surface area (Å²) in [5.41, 5.74) is 3.17. The second kappa shape index (κ2) is 7.42. The van der Waals surface area contributed by atoms with E-state index in [1.54, 1.807) is 25.6 Å². The van der Waals surface area contributed by atoms with Gasteiger partial charge >= 0.3 is 0 Å². The summed E-state index contributed by atoms with van der Waals surface area (Å²) in [7, 11) is 3.33. The quantitative estimate of drug-likeness (QED) is 0.635. The molecular weight excluding hydrogens is 362 g/mol. The summed E-state index contributed by atoms with van der Waals surface area (Å²) < 4.78 is 10.3. The van der Waals surface area contributed by atoms with Crippen LogP contribution in [0.4, 0.5) is 0 Å². The van der Waals surface area contributed by atoms with Crippen LogP contribution < -0.4 is 9.47 Å². The van der Waals surface area contributed by atoms with Gasteiger partial charge in [0.15, 0.2) is 0 Å². The highest BCUT2D eigenvalue weighted by atomic mass is 79.9. The lowest BCUT2D eigenvalue weighted by molar-refractivity contribution is 0.415. The Morgan fingerprint density at radius 2 is 1.27 bits per heavy atom. The Morgan fingerprint density at radius 1 is 0.773 bits per heavy atom. The molecule has 0 saturated carbocycles. The number of rotatable bonds is 4. The zero-order valence-electron chi connectivity index (χ0n) is 12.3. The molecule has 0 radical (unpaired) electrons. The van der Waals surface area contributed by atoms with Crippen molar-refractivity contribution in [3.8, 4) is 33.3 Å². The van der Waals surface area contributed by atoms with Gasteiger partial charge in [0.1, 0.15) is 16.5 Å². The molecule has 114 valence electrons. The first kappa shape index (κ1) is 16.5. The van der Waals surface area contributed by atoms with Crippen molar-refractivity contribution in [3.05, 3.63) is 53.9 Å². The third-order valence-electron chi connectivity index (χ3n) is 3.23. The lowest BCUT2D eigenvalue weighted by atomic mass is 10.1. The van der Waals surface area contributed by atoms with Crippen LogP contribution in [-0.2, 0) is 0 Å². The number of halogens is 1. The average Bonchev–Trinajstić information content (AvgIpc) is 3.05. The van der Waals surface area contributed by atoms with Gasteiger partial charge in [-0.15, -0.1) is 28.3 Å². The van der Waals surface area contributed by atoms with Gasteiger partial charge in [-0.2, -0.15) is 0 Å². The molecule has 1 heterocycles. The third kappa shape index (κ3) is 3.48. The summed E-state index contributed by atoms with van der Waals surface area (Å²) in [5.74, 6) is 1.70. The number of benzene rings is 2. The Labute approximate surface area is 144 Å². The van der Waals surface area contributed by atoms with Crippen LogP contribution in [0.15, 0.2) is 53.9 Å². The van der Waals surface area contributed by atoms with Gasteiger partial charge in [-0.25, -0.2) is 4.98 Å². The van der Waals surface area contributed by atoms with Crippen molar-refractivity contribution in [2.75, 3.05) is 14.2 Å². The zero-order chi connectivity index (χ0) is 14.7. The van der Waals surface area contributed by atoms with Crippen molar-refractivity contribution in [3.63, 3.8) is 0 Å². The molecule has 3 aromatic rings. The Hall–Kier alpha value is -1.85. The lowest BCUT2D eigenvalue weighted by Crippen LogP contribution is -1.84. The third-order valence-corrected chi connectivity index (χ3v) is 4.12. The summed E-state index contributed by atoms with van der Waals surface area (Å²) in [6.45, 7) is 0. The van der Waals surface area contributed by atoms with E-state index >= 15 is 0 Å². The van der Waals surface area contributed by atoms with Crippen LogP contribution in [0.2, 0.25) is 0 Å². The van der Waals surface area contributed by atoms with Crippen molar-refractivity contribution >= 4 is 28.3 Å². The fourth-order valence-corrected chi connectivity index (χ4v) is 2.87. The highest BCUT2D eigenvalue weighted by molar-refractivity contribution is 8.93. The molecule has 0 saturated heterocycles. The standard InChI is InChI=1S/C17H15NO2S.BrH/c1-19-14-7-3-12(4-8-14)16-11-21-17(18-16)13-5-9-15(20-2)10-6-13;/h3-11H,1-2H3;1H. The molecule has 0 aliphatic carbocycles. The number of aromatic nitrogens is 1. The Morgan fingerprint density at radius 3 is 1.77 bits per heavy atom. The van der Waals surface area contributed by atoms with E-state index in [2.05, 4.69) is 5.38 Å². The number of ether oxygens (including phenoxy) is 2. The number of hydrogen-bond acceptors (Lipinski definition) is 4. The summed E-state index contributed by atoms with van der Waals surface area (Å²) in [4.78, 5) is 4.70. The van der Waals surface area contributed by atoms with Crippen LogP contribution in [0.3, 0.4) is 0 Å².